The van der Waals surface area contributed by atoms with Gasteiger partial charge in [-0.2, -0.15) is 0 Å². The van der Waals surface area contributed by atoms with Crippen LogP contribution in [0.3, 0.4) is 0 Å². The van der Waals surface area contributed by atoms with Crippen molar-refractivity contribution in [2.75, 3.05) is 24.3 Å². The van der Waals surface area contributed by atoms with Crippen molar-refractivity contribution in [2.24, 2.45) is 0 Å². The van der Waals surface area contributed by atoms with E-state index in [1.807, 2.05) is 43.3 Å². The zero-order chi connectivity index (χ0) is 17.2. The van der Waals surface area contributed by atoms with E-state index in [1.165, 1.54) is 6.07 Å². The number of benzene rings is 2. The standard InChI is InChI=1S/C20H23FN2O/c1-23(2)16-11-9-15(10-12-16)22-19(24)20(13-5-6-14-20)17-7-3-4-8-18(17)21/h3-4,7-12H,5-6,13-14H2,1-2H3,(H,22,24). The summed E-state index contributed by atoms with van der Waals surface area (Å²) in [5, 5.41) is 2.99. The number of amides is 1. The van der Waals surface area contributed by atoms with E-state index >= 15 is 0 Å². The Labute approximate surface area is 142 Å². The quantitative estimate of drug-likeness (QED) is 0.906. The van der Waals surface area contributed by atoms with Gasteiger partial charge in [-0.1, -0.05) is 31.0 Å². The van der Waals surface area contributed by atoms with Gasteiger partial charge in [-0.15, -0.1) is 0 Å². The third-order valence-electron chi connectivity index (χ3n) is 4.92. The van der Waals surface area contributed by atoms with Gasteiger partial charge in [0, 0.05) is 31.0 Å². The molecule has 0 bridgehead atoms. The minimum Gasteiger partial charge on any atom is -0.378 e. The van der Waals surface area contributed by atoms with E-state index in [0.717, 1.165) is 24.2 Å². The molecule has 0 heterocycles. The number of rotatable bonds is 4. The molecule has 0 aromatic heterocycles. The van der Waals surface area contributed by atoms with Crippen molar-refractivity contribution in [1.82, 2.24) is 0 Å². The maximum absolute atomic E-state index is 14.3. The maximum Gasteiger partial charge on any atom is 0.235 e. The number of hydrogen-bond acceptors (Lipinski definition) is 2. The number of anilines is 2. The summed E-state index contributed by atoms with van der Waals surface area (Å²) in [4.78, 5) is 15.0. The lowest BCUT2D eigenvalue weighted by molar-refractivity contribution is -0.121. The van der Waals surface area contributed by atoms with Crippen molar-refractivity contribution in [1.29, 1.82) is 0 Å². The summed E-state index contributed by atoms with van der Waals surface area (Å²) < 4.78 is 14.3. The van der Waals surface area contributed by atoms with Crippen LogP contribution in [0.25, 0.3) is 0 Å². The molecule has 1 aliphatic carbocycles. The fourth-order valence-electron chi connectivity index (χ4n) is 3.54. The molecule has 3 nitrogen and oxygen atoms in total. The van der Waals surface area contributed by atoms with Crippen LogP contribution in [0.1, 0.15) is 31.2 Å². The van der Waals surface area contributed by atoms with Crippen LogP contribution < -0.4 is 10.2 Å². The SMILES string of the molecule is CN(C)c1ccc(NC(=O)C2(c3ccccc3F)CCCC2)cc1. The minimum absolute atomic E-state index is 0.109. The Morgan fingerprint density at radius 1 is 1.04 bits per heavy atom. The average Bonchev–Trinajstić information content (AvgIpc) is 3.06. The first-order valence-electron chi connectivity index (χ1n) is 8.37. The van der Waals surface area contributed by atoms with Crippen molar-refractivity contribution in [3.8, 4) is 0 Å². The Morgan fingerprint density at radius 2 is 1.67 bits per heavy atom. The predicted octanol–water partition coefficient (Wildman–Crippen LogP) is 4.34. The molecule has 0 radical (unpaired) electrons. The molecule has 1 fully saturated rings. The van der Waals surface area contributed by atoms with E-state index in [9.17, 15) is 9.18 Å². The van der Waals surface area contributed by atoms with Gasteiger partial charge in [0.05, 0.1) is 5.41 Å². The molecule has 0 aliphatic heterocycles. The Hall–Kier alpha value is -2.36. The van der Waals surface area contributed by atoms with Crippen molar-refractivity contribution >= 4 is 17.3 Å². The lowest BCUT2D eigenvalue weighted by atomic mass is 9.77. The van der Waals surface area contributed by atoms with E-state index < -0.39 is 5.41 Å². The lowest BCUT2D eigenvalue weighted by Gasteiger charge is -2.28. The van der Waals surface area contributed by atoms with Crippen molar-refractivity contribution in [3.63, 3.8) is 0 Å². The second-order valence-electron chi connectivity index (χ2n) is 6.66. The van der Waals surface area contributed by atoms with Crippen LogP contribution in [0.4, 0.5) is 15.8 Å². The van der Waals surface area contributed by atoms with Gasteiger partial charge >= 0.3 is 0 Å². The summed E-state index contributed by atoms with van der Waals surface area (Å²) in [5.74, 6) is -0.403. The molecule has 1 aliphatic rings. The lowest BCUT2D eigenvalue weighted by Crippen LogP contribution is -2.38. The van der Waals surface area contributed by atoms with Crippen LogP contribution in [0, 0.1) is 5.82 Å². The number of hydrogen-bond donors (Lipinski definition) is 1. The number of nitrogens with zero attached hydrogens (tertiary/aromatic N) is 1. The van der Waals surface area contributed by atoms with Crippen LogP contribution in [-0.4, -0.2) is 20.0 Å². The smallest absolute Gasteiger partial charge is 0.235 e. The Kier molecular flexibility index (Phi) is 4.56. The van der Waals surface area contributed by atoms with Gasteiger partial charge in [0.25, 0.3) is 0 Å². The Morgan fingerprint density at radius 3 is 2.25 bits per heavy atom. The molecule has 1 saturated carbocycles. The summed E-state index contributed by atoms with van der Waals surface area (Å²) in [5.41, 5.74) is 1.57. The van der Waals surface area contributed by atoms with E-state index in [0.29, 0.717) is 18.4 Å². The number of halogens is 1. The first kappa shape index (κ1) is 16.5. The first-order valence-corrected chi connectivity index (χ1v) is 8.37. The third-order valence-corrected chi connectivity index (χ3v) is 4.92. The summed E-state index contributed by atoms with van der Waals surface area (Å²) in [7, 11) is 3.94. The molecule has 1 N–H and O–H groups in total. The van der Waals surface area contributed by atoms with Gasteiger partial charge in [0.1, 0.15) is 5.82 Å². The van der Waals surface area contributed by atoms with Crippen molar-refractivity contribution in [2.45, 2.75) is 31.1 Å². The van der Waals surface area contributed by atoms with Crippen LogP contribution in [0.15, 0.2) is 48.5 Å². The zero-order valence-corrected chi connectivity index (χ0v) is 14.2. The van der Waals surface area contributed by atoms with Gasteiger partial charge in [-0.3, -0.25) is 4.79 Å². The second kappa shape index (κ2) is 6.63. The summed E-state index contributed by atoms with van der Waals surface area (Å²) in [6, 6.07) is 14.3. The summed E-state index contributed by atoms with van der Waals surface area (Å²) in [6.07, 6.45) is 3.27. The highest BCUT2D eigenvalue weighted by Gasteiger charge is 2.44. The van der Waals surface area contributed by atoms with Crippen LogP contribution in [-0.2, 0) is 10.2 Å². The van der Waals surface area contributed by atoms with Gasteiger partial charge in [0.15, 0.2) is 0 Å². The fraction of sp³-hybridized carbons (Fsp3) is 0.350. The average molecular weight is 326 g/mol. The monoisotopic (exact) mass is 326 g/mol. The van der Waals surface area contributed by atoms with E-state index in [2.05, 4.69) is 5.32 Å². The molecule has 0 saturated heterocycles. The number of nitrogens with one attached hydrogen (secondary N) is 1. The fourth-order valence-corrected chi connectivity index (χ4v) is 3.54. The molecule has 3 rings (SSSR count). The van der Waals surface area contributed by atoms with E-state index in [1.54, 1.807) is 18.2 Å². The molecule has 126 valence electrons. The highest BCUT2D eigenvalue weighted by Crippen LogP contribution is 2.43. The largest absolute Gasteiger partial charge is 0.378 e. The van der Waals surface area contributed by atoms with E-state index in [4.69, 9.17) is 0 Å². The molecule has 24 heavy (non-hydrogen) atoms. The van der Waals surface area contributed by atoms with Crippen LogP contribution in [0.2, 0.25) is 0 Å². The van der Waals surface area contributed by atoms with Gasteiger partial charge in [0.2, 0.25) is 5.91 Å². The molecule has 0 unspecified atom stereocenters. The molecule has 2 aromatic rings. The highest BCUT2D eigenvalue weighted by molar-refractivity contribution is 5.99. The summed E-state index contributed by atoms with van der Waals surface area (Å²) in [6.45, 7) is 0. The van der Waals surface area contributed by atoms with Gasteiger partial charge in [-0.05, 0) is 43.2 Å². The number of carbonyl (C=O) groups excluding carboxylic acids is 1. The highest BCUT2D eigenvalue weighted by atomic mass is 19.1. The zero-order valence-electron chi connectivity index (χ0n) is 14.2. The normalized spacial score (nSPS) is 16.0. The molecular formula is C20H23FN2O. The maximum atomic E-state index is 14.3. The van der Waals surface area contributed by atoms with E-state index in [-0.39, 0.29) is 11.7 Å². The molecular weight excluding hydrogens is 303 g/mol. The summed E-state index contributed by atoms with van der Waals surface area (Å²) >= 11 is 0. The van der Waals surface area contributed by atoms with Gasteiger partial charge < -0.3 is 10.2 Å². The first-order chi connectivity index (χ1) is 11.5. The second-order valence-corrected chi connectivity index (χ2v) is 6.66. The van der Waals surface area contributed by atoms with Crippen molar-refractivity contribution < 1.29 is 9.18 Å². The molecule has 2 aromatic carbocycles. The van der Waals surface area contributed by atoms with Crippen LogP contribution >= 0.6 is 0 Å². The van der Waals surface area contributed by atoms with Crippen LogP contribution in [0.5, 0.6) is 0 Å². The minimum atomic E-state index is -0.758. The van der Waals surface area contributed by atoms with Gasteiger partial charge in [-0.25, -0.2) is 4.39 Å². The Bertz CT molecular complexity index is 719. The molecule has 1 amide bonds. The molecule has 0 spiro atoms. The predicted molar refractivity (Wildman–Crippen MR) is 95.9 cm³/mol. The molecule has 4 heteroatoms. The number of carbonyl (C=O) groups is 1. The van der Waals surface area contributed by atoms with Crippen molar-refractivity contribution in [3.05, 3.63) is 59.9 Å². The molecule has 0 atom stereocenters. The third kappa shape index (κ3) is 3.01. The Balaban J connectivity index is 1.87. The topological polar surface area (TPSA) is 32.3 Å².